The quantitative estimate of drug-likeness (QED) is 0.684. The number of H-pyrrole nitrogens is 1. The lowest BCUT2D eigenvalue weighted by atomic mass is 10.2. The van der Waals surface area contributed by atoms with Crippen LogP contribution in [-0.2, 0) is 11.2 Å². The molecule has 0 bridgehead atoms. The van der Waals surface area contributed by atoms with E-state index in [0.717, 1.165) is 0 Å². The van der Waals surface area contributed by atoms with E-state index in [1.54, 1.807) is 12.1 Å². The number of aromatic nitrogens is 1. The number of hydrogen-bond donors (Lipinski definition) is 2. The van der Waals surface area contributed by atoms with Crippen LogP contribution in [0.4, 0.5) is 0 Å². The minimum atomic E-state index is -0.861. The Hall–Kier alpha value is -1.58. The molecule has 1 aromatic rings. The number of nitrogens with one attached hydrogen (secondary N) is 1. The first-order chi connectivity index (χ1) is 5.68. The van der Waals surface area contributed by atoms with E-state index in [0.29, 0.717) is 12.1 Å². The standard InChI is InChI=1S/C8H9NO3/c10-7-3-1-2-6(9-7)4-5-8(11)12/h1-3H,4-5H2,(H,9,10)(H,11,12). The van der Waals surface area contributed by atoms with Gasteiger partial charge in [0.25, 0.3) is 0 Å². The Labute approximate surface area is 68.9 Å². The van der Waals surface area contributed by atoms with Crippen LogP contribution in [0, 0.1) is 0 Å². The predicted octanol–water partition coefficient (Wildman–Crippen LogP) is 0.392. The van der Waals surface area contributed by atoms with E-state index in [2.05, 4.69) is 4.98 Å². The smallest absolute Gasteiger partial charge is 0.303 e. The third kappa shape index (κ3) is 2.57. The van der Waals surface area contributed by atoms with E-state index in [1.807, 2.05) is 0 Å². The zero-order valence-electron chi connectivity index (χ0n) is 6.41. The van der Waals surface area contributed by atoms with Gasteiger partial charge in [0.2, 0.25) is 5.56 Å². The van der Waals surface area contributed by atoms with Crippen LogP contribution in [0.3, 0.4) is 0 Å². The molecule has 0 saturated heterocycles. The van der Waals surface area contributed by atoms with E-state index >= 15 is 0 Å². The summed E-state index contributed by atoms with van der Waals surface area (Å²) < 4.78 is 0. The molecule has 12 heavy (non-hydrogen) atoms. The van der Waals surface area contributed by atoms with Crippen molar-refractivity contribution in [1.82, 2.24) is 4.98 Å². The van der Waals surface area contributed by atoms with Gasteiger partial charge in [-0.3, -0.25) is 9.59 Å². The van der Waals surface area contributed by atoms with Gasteiger partial charge in [-0.05, 0) is 12.5 Å². The molecule has 1 heterocycles. The first-order valence-electron chi connectivity index (χ1n) is 3.58. The van der Waals surface area contributed by atoms with Gasteiger partial charge in [0, 0.05) is 11.8 Å². The van der Waals surface area contributed by atoms with Crippen molar-refractivity contribution in [2.24, 2.45) is 0 Å². The van der Waals surface area contributed by atoms with E-state index in [-0.39, 0.29) is 12.0 Å². The Morgan fingerprint density at radius 3 is 2.83 bits per heavy atom. The Bertz CT molecular complexity index is 329. The van der Waals surface area contributed by atoms with Crippen molar-refractivity contribution in [3.05, 3.63) is 34.2 Å². The highest BCUT2D eigenvalue weighted by Gasteiger charge is 1.98. The number of aryl methyl sites for hydroxylation is 1. The van der Waals surface area contributed by atoms with E-state index < -0.39 is 5.97 Å². The third-order valence-electron chi connectivity index (χ3n) is 1.44. The highest BCUT2D eigenvalue weighted by atomic mass is 16.4. The van der Waals surface area contributed by atoms with Crippen LogP contribution in [-0.4, -0.2) is 16.1 Å². The average molecular weight is 167 g/mol. The fourth-order valence-electron chi connectivity index (χ4n) is 0.881. The summed E-state index contributed by atoms with van der Waals surface area (Å²) in [5.74, 6) is -0.861. The van der Waals surface area contributed by atoms with Crippen molar-refractivity contribution in [3.63, 3.8) is 0 Å². The third-order valence-corrected chi connectivity index (χ3v) is 1.44. The van der Waals surface area contributed by atoms with Crippen molar-refractivity contribution < 1.29 is 9.90 Å². The molecule has 0 aliphatic heterocycles. The molecule has 4 nitrogen and oxygen atoms in total. The summed E-state index contributed by atoms with van der Waals surface area (Å²) in [5.41, 5.74) is 0.461. The molecule has 0 aliphatic rings. The Balaban J connectivity index is 2.64. The molecular weight excluding hydrogens is 158 g/mol. The summed E-state index contributed by atoms with van der Waals surface area (Å²) in [4.78, 5) is 23.4. The topological polar surface area (TPSA) is 70.2 Å². The van der Waals surface area contributed by atoms with Crippen LogP contribution in [0.25, 0.3) is 0 Å². The second-order valence-corrected chi connectivity index (χ2v) is 2.43. The van der Waals surface area contributed by atoms with Gasteiger partial charge in [0.05, 0.1) is 6.42 Å². The maximum Gasteiger partial charge on any atom is 0.303 e. The molecule has 0 amide bonds. The molecule has 1 rings (SSSR count). The fourth-order valence-corrected chi connectivity index (χ4v) is 0.881. The van der Waals surface area contributed by atoms with E-state index in [1.165, 1.54) is 6.07 Å². The molecule has 0 spiro atoms. The van der Waals surface area contributed by atoms with Crippen LogP contribution >= 0.6 is 0 Å². The lowest BCUT2D eigenvalue weighted by Crippen LogP contribution is -2.07. The lowest BCUT2D eigenvalue weighted by molar-refractivity contribution is -0.136. The zero-order chi connectivity index (χ0) is 8.97. The van der Waals surface area contributed by atoms with Crippen LogP contribution in [0.2, 0.25) is 0 Å². The lowest BCUT2D eigenvalue weighted by Gasteiger charge is -1.96. The first-order valence-corrected chi connectivity index (χ1v) is 3.58. The summed E-state index contributed by atoms with van der Waals surface area (Å²) in [6.07, 6.45) is 0.408. The van der Waals surface area contributed by atoms with Gasteiger partial charge in [0.15, 0.2) is 0 Å². The van der Waals surface area contributed by atoms with Crippen molar-refractivity contribution in [2.75, 3.05) is 0 Å². The molecule has 0 aliphatic carbocycles. The fraction of sp³-hybridized carbons (Fsp3) is 0.250. The molecule has 1 aromatic heterocycles. The van der Waals surface area contributed by atoms with Crippen LogP contribution in [0.15, 0.2) is 23.0 Å². The van der Waals surface area contributed by atoms with Crippen LogP contribution in [0.5, 0.6) is 0 Å². The van der Waals surface area contributed by atoms with Gasteiger partial charge >= 0.3 is 5.97 Å². The summed E-state index contributed by atoms with van der Waals surface area (Å²) in [6, 6.07) is 4.70. The summed E-state index contributed by atoms with van der Waals surface area (Å²) >= 11 is 0. The maximum absolute atomic E-state index is 10.7. The van der Waals surface area contributed by atoms with Crippen LogP contribution in [0.1, 0.15) is 12.1 Å². The van der Waals surface area contributed by atoms with E-state index in [9.17, 15) is 9.59 Å². The molecule has 4 heteroatoms. The Kier molecular flexibility index (Phi) is 2.63. The van der Waals surface area contributed by atoms with Gasteiger partial charge < -0.3 is 10.1 Å². The van der Waals surface area contributed by atoms with Gasteiger partial charge in [0.1, 0.15) is 0 Å². The highest BCUT2D eigenvalue weighted by Crippen LogP contribution is 1.95. The number of carboxylic acid groups (broad SMARTS) is 1. The largest absolute Gasteiger partial charge is 0.481 e. The van der Waals surface area contributed by atoms with Gasteiger partial charge in [-0.2, -0.15) is 0 Å². The maximum atomic E-state index is 10.7. The summed E-state index contributed by atoms with van der Waals surface area (Å²) in [7, 11) is 0. The molecule has 0 fully saturated rings. The van der Waals surface area contributed by atoms with Gasteiger partial charge in [-0.25, -0.2) is 0 Å². The molecule has 0 aromatic carbocycles. The number of rotatable bonds is 3. The van der Waals surface area contributed by atoms with E-state index in [4.69, 9.17) is 5.11 Å². The number of aliphatic carboxylic acids is 1. The number of carboxylic acids is 1. The molecule has 0 saturated carbocycles. The van der Waals surface area contributed by atoms with Crippen molar-refractivity contribution in [2.45, 2.75) is 12.8 Å². The monoisotopic (exact) mass is 167 g/mol. The minimum Gasteiger partial charge on any atom is -0.481 e. The molecule has 0 radical (unpaired) electrons. The second-order valence-electron chi connectivity index (χ2n) is 2.43. The normalized spacial score (nSPS) is 9.67. The van der Waals surface area contributed by atoms with Gasteiger partial charge in [-0.15, -0.1) is 0 Å². The van der Waals surface area contributed by atoms with Crippen molar-refractivity contribution in [1.29, 1.82) is 0 Å². The minimum absolute atomic E-state index is 0.0416. The number of pyridine rings is 1. The molecule has 0 unspecified atom stereocenters. The zero-order valence-corrected chi connectivity index (χ0v) is 6.41. The van der Waals surface area contributed by atoms with Gasteiger partial charge in [-0.1, -0.05) is 6.07 Å². The first kappa shape index (κ1) is 8.52. The second kappa shape index (κ2) is 3.71. The summed E-state index contributed by atoms with van der Waals surface area (Å²) in [6.45, 7) is 0. The predicted molar refractivity (Wildman–Crippen MR) is 43.0 cm³/mol. The number of carbonyl (C=O) groups is 1. The number of aromatic amines is 1. The molecular formula is C8H9NO3. The molecule has 64 valence electrons. The highest BCUT2D eigenvalue weighted by molar-refractivity contribution is 5.66. The Morgan fingerprint density at radius 2 is 2.25 bits per heavy atom. The molecule has 2 N–H and O–H groups in total. The van der Waals surface area contributed by atoms with Crippen molar-refractivity contribution >= 4 is 5.97 Å². The Morgan fingerprint density at radius 1 is 1.50 bits per heavy atom. The average Bonchev–Trinajstić information content (AvgIpc) is 2.01. The summed E-state index contributed by atoms with van der Waals surface area (Å²) in [5, 5.41) is 8.35. The van der Waals surface area contributed by atoms with Crippen molar-refractivity contribution in [3.8, 4) is 0 Å². The SMILES string of the molecule is O=C(O)CCc1cccc(=O)[nH]1. The number of hydrogen-bond acceptors (Lipinski definition) is 2. The van der Waals surface area contributed by atoms with Crippen LogP contribution < -0.4 is 5.56 Å². The molecule has 0 atom stereocenters.